The molecule has 0 saturated heterocycles. The smallest absolute Gasteiger partial charge is 0.162 e. The van der Waals surface area contributed by atoms with Crippen molar-refractivity contribution < 1.29 is 4.42 Å². The molecule has 0 fully saturated rings. The van der Waals surface area contributed by atoms with Crippen molar-refractivity contribution in [2.75, 3.05) is 13.6 Å². The molecule has 2 aromatic heterocycles. The number of rotatable bonds is 5. The number of furan rings is 1. The third-order valence-electron chi connectivity index (χ3n) is 2.67. The molecule has 0 aromatic carbocycles. The molecule has 2 rings (SSSR count). The van der Waals surface area contributed by atoms with Crippen LogP contribution in [0.15, 0.2) is 16.5 Å². The average Bonchev–Trinajstić information content (AvgIpc) is 2.86. The summed E-state index contributed by atoms with van der Waals surface area (Å²) in [6.45, 7) is 5.08. The highest BCUT2D eigenvalue weighted by molar-refractivity contribution is 7.15. The minimum Gasteiger partial charge on any atom is -0.459 e. The van der Waals surface area contributed by atoms with E-state index in [1.165, 1.54) is 4.88 Å². The van der Waals surface area contributed by atoms with Crippen molar-refractivity contribution in [2.45, 2.75) is 26.7 Å². The van der Waals surface area contributed by atoms with E-state index >= 15 is 0 Å². The van der Waals surface area contributed by atoms with E-state index in [2.05, 4.69) is 17.2 Å². The Hall–Kier alpha value is -1.13. The molecule has 0 aliphatic heterocycles. The van der Waals surface area contributed by atoms with Gasteiger partial charge in [-0.05, 0) is 52.4 Å². The summed E-state index contributed by atoms with van der Waals surface area (Å²) < 4.78 is 5.60. The SMILES string of the molecule is CNCCCc1sc(-c2ccc(C)o2)nc1C. The second-order valence-electron chi connectivity index (χ2n) is 4.15. The minimum atomic E-state index is 0.885. The van der Waals surface area contributed by atoms with Crippen LogP contribution in [0.4, 0.5) is 0 Å². The lowest BCUT2D eigenvalue weighted by Gasteiger charge is -1.97. The Kier molecular flexibility index (Phi) is 3.97. The number of hydrogen-bond acceptors (Lipinski definition) is 4. The fourth-order valence-corrected chi connectivity index (χ4v) is 2.81. The maximum Gasteiger partial charge on any atom is 0.162 e. The van der Waals surface area contributed by atoms with Crippen molar-refractivity contribution in [1.29, 1.82) is 0 Å². The standard InChI is InChI=1S/C13H18N2OS/c1-9-6-7-11(16-9)13-15-10(2)12(17-13)5-4-8-14-3/h6-7,14H,4-5,8H2,1-3H3. The molecule has 0 amide bonds. The zero-order valence-corrected chi connectivity index (χ0v) is 11.4. The molecule has 1 N–H and O–H groups in total. The number of aryl methyl sites for hydroxylation is 3. The molecular weight excluding hydrogens is 232 g/mol. The number of hydrogen-bond donors (Lipinski definition) is 1. The van der Waals surface area contributed by atoms with Crippen molar-refractivity contribution in [3.8, 4) is 10.8 Å². The van der Waals surface area contributed by atoms with Crippen LogP contribution in [0.5, 0.6) is 0 Å². The highest BCUT2D eigenvalue weighted by atomic mass is 32.1. The van der Waals surface area contributed by atoms with E-state index in [0.717, 1.165) is 41.6 Å². The van der Waals surface area contributed by atoms with Gasteiger partial charge in [0.2, 0.25) is 0 Å². The van der Waals surface area contributed by atoms with Gasteiger partial charge in [0.15, 0.2) is 10.8 Å². The van der Waals surface area contributed by atoms with E-state index in [4.69, 9.17) is 4.42 Å². The van der Waals surface area contributed by atoms with Crippen molar-refractivity contribution >= 4 is 11.3 Å². The van der Waals surface area contributed by atoms with E-state index in [9.17, 15) is 0 Å². The Labute approximate surface area is 106 Å². The van der Waals surface area contributed by atoms with Crippen LogP contribution in [0.2, 0.25) is 0 Å². The van der Waals surface area contributed by atoms with Gasteiger partial charge in [0.1, 0.15) is 5.76 Å². The van der Waals surface area contributed by atoms with Crippen molar-refractivity contribution in [3.05, 3.63) is 28.5 Å². The molecule has 0 unspecified atom stereocenters. The summed E-state index contributed by atoms with van der Waals surface area (Å²) in [5, 5.41) is 4.16. The normalized spacial score (nSPS) is 11.0. The van der Waals surface area contributed by atoms with Crippen molar-refractivity contribution in [1.82, 2.24) is 10.3 Å². The second kappa shape index (κ2) is 5.47. The molecule has 0 aliphatic carbocycles. The summed E-state index contributed by atoms with van der Waals surface area (Å²) >= 11 is 1.74. The molecule has 0 aliphatic rings. The van der Waals surface area contributed by atoms with Gasteiger partial charge in [-0.2, -0.15) is 0 Å². The summed E-state index contributed by atoms with van der Waals surface area (Å²) in [6.07, 6.45) is 2.24. The Morgan fingerprint density at radius 2 is 2.18 bits per heavy atom. The summed E-state index contributed by atoms with van der Waals surface area (Å²) in [4.78, 5) is 5.94. The Morgan fingerprint density at radius 1 is 1.35 bits per heavy atom. The molecule has 2 heterocycles. The molecule has 0 saturated carbocycles. The molecule has 0 radical (unpaired) electrons. The summed E-state index contributed by atoms with van der Waals surface area (Å²) in [6, 6.07) is 3.97. The lowest BCUT2D eigenvalue weighted by molar-refractivity contribution is 0.548. The second-order valence-corrected chi connectivity index (χ2v) is 5.23. The van der Waals surface area contributed by atoms with Gasteiger partial charge in [-0.15, -0.1) is 11.3 Å². The van der Waals surface area contributed by atoms with Crippen LogP contribution in [-0.2, 0) is 6.42 Å². The van der Waals surface area contributed by atoms with Gasteiger partial charge in [0.05, 0.1) is 5.69 Å². The molecule has 0 bridgehead atoms. The molecule has 3 nitrogen and oxygen atoms in total. The third-order valence-corrected chi connectivity index (χ3v) is 3.91. The van der Waals surface area contributed by atoms with E-state index in [1.807, 2.05) is 26.1 Å². The predicted octanol–water partition coefficient (Wildman–Crippen LogP) is 3.17. The fraction of sp³-hybridized carbons (Fsp3) is 0.462. The highest BCUT2D eigenvalue weighted by Crippen LogP contribution is 2.29. The van der Waals surface area contributed by atoms with Gasteiger partial charge in [-0.25, -0.2) is 4.98 Å². The lowest BCUT2D eigenvalue weighted by atomic mass is 10.2. The van der Waals surface area contributed by atoms with Gasteiger partial charge in [0.25, 0.3) is 0 Å². The number of nitrogens with one attached hydrogen (secondary N) is 1. The average molecular weight is 250 g/mol. The predicted molar refractivity (Wildman–Crippen MR) is 71.5 cm³/mol. The molecule has 4 heteroatoms. The first kappa shape index (κ1) is 12.3. The van der Waals surface area contributed by atoms with Crippen LogP contribution < -0.4 is 5.32 Å². The first-order chi connectivity index (χ1) is 8.20. The van der Waals surface area contributed by atoms with Gasteiger partial charge in [0, 0.05) is 4.88 Å². The van der Waals surface area contributed by atoms with Gasteiger partial charge in [-0.3, -0.25) is 0 Å². The lowest BCUT2D eigenvalue weighted by Crippen LogP contribution is -2.08. The fourth-order valence-electron chi connectivity index (χ4n) is 1.74. The van der Waals surface area contributed by atoms with E-state index in [1.54, 1.807) is 11.3 Å². The number of nitrogens with zero attached hydrogens (tertiary/aromatic N) is 1. The summed E-state index contributed by atoms with van der Waals surface area (Å²) in [7, 11) is 1.98. The number of thiazole rings is 1. The third kappa shape index (κ3) is 2.96. The van der Waals surface area contributed by atoms with Crippen LogP contribution in [0.1, 0.15) is 22.8 Å². The quantitative estimate of drug-likeness (QED) is 0.828. The Bertz CT molecular complexity index is 487. The van der Waals surface area contributed by atoms with Gasteiger partial charge in [-0.1, -0.05) is 0 Å². The zero-order chi connectivity index (χ0) is 12.3. The molecule has 0 spiro atoms. The molecule has 0 atom stereocenters. The Morgan fingerprint density at radius 3 is 2.82 bits per heavy atom. The minimum absolute atomic E-state index is 0.885. The van der Waals surface area contributed by atoms with E-state index in [-0.39, 0.29) is 0 Å². The van der Waals surface area contributed by atoms with Crippen LogP contribution in [-0.4, -0.2) is 18.6 Å². The molecule has 17 heavy (non-hydrogen) atoms. The van der Waals surface area contributed by atoms with Crippen LogP contribution in [0.3, 0.4) is 0 Å². The van der Waals surface area contributed by atoms with Crippen LogP contribution in [0, 0.1) is 13.8 Å². The highest BCUT2D eigenvalue weighted by Gasteiger charge is 2.11. The van der Waals surface area contributed by atoms with Crippen LogP contribution >= 0.6 is 11.3 Å². The molecule has 92 valence electrons. The molecule has 2 aromatic rings. The van der Waals surface area contributed by atoms with Crippen molar-refractivity contribution in [2.24, 2.45) is 0 Å². The first-order valence-electron chi connectivity index (χ1n) is 5.88. The van der Waals surface area contributed by atoms with Gasteiger partial charge >= 0.3 is 0 Å². The molecular formula is C13H18N2OS. The zero-order valence-electron chi connectivity index (χ0n) is 10.5. The van der Waals surface area contributed by atoms with Gasteiger partial charge < -0.3 is 9.73 Å². The van der Waals surface area contributed by atoms with Crippen molar-refractivity contribution in [3.63, 3.8) is 0 Å². The topological polar surface area (TPSA) is 38.1 Å². The summed E-state index contributed by atoms with van der Waals surface area (Å²) in [5.41, 5.74) is 1.13. The van der Waals surface area contributed by atoms with E-state index in [0.29, 0.717) is 0 Å². The number of aromatic nitrogens is 1. The maximum atomic E-state index is 5.60. The Balaban J connectivity index is 2.13. The maximum absolute atomic E-state index is 5.60. The van der Waals surface area contributed by atoms with E-state index < -0.39 is 0 Å². The largest absolute Gasteiger partial charge is 0.459 e. The van der Waals surface area contributed by atoms with Crippen LogP contribution in [0.25, 0.3) is 10.8 Å². The monoisotopic (exact) mass is 250 g/mol. The summed E-state index contributed by atoms with van der Waals surface area (Å²) in [5.74, 6) is 1.82. The first-order valence-corrected chi connectivity index (χ1v) is 6.70.